The predicted molar refractivity (Wildman–Crippen MR) is 78.3 cm³/mol. The summed E-state index contributed by atoms with van der Waals surface area (Å²) < 4.78 is 12.2. The van der Waals surface area contributed by atoms with Crippen molar-refractivity contribution in [2.45, 2.75) is 6.92 Å². The number of hydrogen-bond acceptors (Lipinski definition) is 4. The lowest BCUT2D eigenvalue weighted by Gasteiger charge is -2.13. The third-order valence-corrected chi connectivity index (χ3v) is 3.22. The number of halogens is 1. The molecule has 1 aromatic carbocycles. The number of rotatable bonds is 5. The molecule has 6 nitrogen and oxygen atoms in total. The molecule has 0 aliphatic rings. The molecule has 21 heavy (non-hydrogen) atoms. The van der Waals surface area contributed by atoms with Crippen molar-refractivity contribution in [2.24, 2.45) is 7.05 Å². The maximum absolute atomic E-state index is 11.0. The van der Waals surface area contributed by atoms with E-state index in [4.69, 9.17) is 26.2 Å². The van der Waals surface area contributed by atoms with Gasteiger partial charge in [-0.25, -0.2) is 4.79 Å². The summed E-state index contributed by atoms with van der Waals surface area (Å²) in [7, 11) is 3.18. The number of benzene rings is 1. The fraction of sp³-hybridized carbons (Fsp3) is 0.286. The van der Waals surface area contributed by atoms with E-state index in [0.717, 1.165) is 0 Å². The molecule has 1 heterocycles. The third-order valence-electron chi connectivity index (χ3n) is 2.93. The Hall–Kier alpha value is -2.21. The zero-order valence-electron chi connectivity index (χ0n) is 11.9. The smallest absolute Gasteiger partial charge is 0.356 e. The number of carboxylic acid groups (broad SMARTS) is 1. The van der Waals surface area contributed by atoms with E-state index in [0.29, 0.717) is 34.4 Å². The van der Waals surface area contributed by atoms with Crippen molar-refractivity contribution in [3.63, 3.8) is 0 Å². The third kappa shape index (κ3) is 2.95. The first-order valence-electron chi connectivity index (χ1n) is 6.26. The fourth-order valence-corrected chi connectivity index (χ4v) is 2.23. The Morgan fingerprint density at radius 2 is 2.10 bits per heavy atom. The summed E-state index contributed by atoms with van der Waals surface area (Å²) in [4.78, 5) is 11.0. The van der Waals surface area contributed by atoms with Crippen molar-refractivity contribution in [3.8, 4) is 22.8 Å². The van der Waals surface area contributed by atoms with Crippen molar-refractivity contribution in [2.75, 3.05) is 13.7 Å². The topological polar surface area (TPSA) is 73.6 Å². The number of ether oxygens (including phenoxy) is 2. The number of carboxylic acids is 1. The lowest BCUT2D eigenvalue weighted by Crippen LogP contribution is -2.00. The van der Waals surface area contributed by atoms with Gasteiger partial charge in [-0.15, -0.1) is 0 Å². The Morgan fingerprint density at radius 3 is 2.62 bits per heavy atom. The van der Waals surface area contributed by atoms with E-state index in [9.17, 15) is 4.79 Å². The zero-order chi connectivity index (χ0) is 15.6. The molecule has 0 fully saturated rings. The van der Waals surface area contributed by atoms with Gasteiger partial charge in [0.05, 0.1) is 24.4 Å². The molecule has 0 amide bonds. The molecule has 0 saturated heterocycles. The minimum absolute atomic E-state index is 0.0399. The number of hydrogen-bond donors (Lipinski definition) is 1. The average Bonchev–Trinajstić information content (AvgIpc) is 2.83. The van der Waals surface area contributed by atoms with Gasteiger partial charge in [0.25, 0.3) is 0 Å². The average molecular weight is 311 g/mol. The lowest BCUT2D eigenvalue weighted by molar-refractivity contribution is 0.0689. The van der Waals surface area contributed by atoms with Crippen LogP contribution >= 0.6 is 11.6 Å². The molecule has 2 aromatic rings. The first-order chi connectivity index (χ1) is 9.97. The van der Waals surface area contributed by atoms with Crippen LogP contribution in [0.4, 0.5) is 0 Å². The maximum Gasteiger partial charge on any atom is 0.356 e. The van der Waals surface area contributed by atoms with Crippen LogP contribution in [0.5, 0.6) is 11.5 Å². The minimum Gasteiger partial charge on any atom is -0.495 e. The van der Waals surface area contributed by atoms with Gasteiger partial charge in [-0.05, 0) is 19.1 Å². The van der Waals surface area contributed by atoms with Gasteiger partial charge >= 0.3 is 5.97 Å². The van der Waals surface area contributed by atoms with Crippen LogP contribution in [0.1, 0.15) is 17.4 Å². The van der Waals surface area contributed by atoms with Crippen LogP contribution in [0.15, 0.2) is 18.2 Å². The normalized spacial score (nSPS) is 10.5. The lowest BCUT2D eigenvalue weighted by atomic mass is 10.1. The second-order valence-electron chi connectivity index (χ2n) is 4.26. The summed E-state index contributed by atoms with van der Waals surface area (Å²) >= 11 is 6.15. The van der Waals surface area contributed by atoms with E-state index in [1.165, 1.54) is 17.9 Å². The number of carbonyl (C=O) groups is 1. The van der Waals surface area contributed by atoms with Crippen LogP contribution in [-0.4, -0.2) is 34.6 Å². The van der Waals surface area contributed by atoms with E-state index >= 15 is 0 Å². The standard InChI is InChI=1S/C14H15ClN2O4/c1-4-21-12-7-13(20-3)9(15)5-8(12)11-6-10(14(18)19)16-17(11)2/h5-7H,4H2,1-3H3,(H,18,19). The Balaban J connectivity index is 2.61. The van der Waals surface area contributed by atoms with Gasteiger partial charge in [0, 0.05) is 18.7 Å². The van der Waals surface area contributed by atoms with E-state index in [1.54, 1.807) is 19.2 Å². The molecular weight excluding hydrogens is 296 g/mol. The first-order valence-corrected chi connectivity index (χ1v) is 6.63. The summed E-state index contributed by atoms with van der Waals surface area (Å²) in [5, 5.41) is 13.4. The predicted octanol–water partition coefficient (Wildman–Crippen LogP) is 2.85. The van der Waals surface area contributed by atoms with Crippen LogP contribution in [0.2, 0.25) is 5.02 Å². The van der Waals surface area contributed by atoms with Crippen molar-refractivity contribution in [1.29, 1.82) is 0 Å². The summed E-state index contributed by atoms with van der Waals surface area (Å²) in [6, 6.07) is 4.83. The van der Waals surface area contributed by atoms with Crippen LogP contribution in [0.25, 0.3) is 11.3 Å². The molecule has 0 unspecified atom stereocenters. The van der Waals surface area contributed by atoms with Gasteiger partial charge in [-0.2, -0.15) is 5.10 Å². The van der Waals surface area contributed by atoms with Gasteiger partial charge in [0.2, 0.25) is 0 Å². The highest BCUT2D eigenvalue weighted by Crippen LogP contribution is 2.38. The summed E-state index contributed by atoms with van der Waals surface area (Å²) in [6.07, 6.45) is 0. The second-order valence-corrected chi connectivity index (χ2v) is 4.67. The van der Waals surface area contributed by atoms with Gasteiger partial charge < -0.3 is 14.6 Å². The highest BCUT2D eigenvalue weighted by molar-refractivity contribution is 6.32. The van der Waals surface area contributed by atoms with Gasteiger partial charge in [-0.1, -0.05) is 11.6 Å². The van der Waals surface area contributed by atoms with Gasteiger partial charge in [0.15, 0.2) is 5.69 Å². The van der Waals surface area contributed by atoms with Crippen molar-refractivity contribution < 1.29 is 19.4 Å². The van der Waals surface area contributed by atoms with Crippen molar-refractivity contribution in [3.05, 3.63) is 28.9 Å². The molecule has 1 aromatic heterocycles. The molecule has 0 aliphatic carbocycles. The van der Waals surface area contributed by atoms with E-state index < -0.39 is 5.97 Å². The van der Waals surface area contributed by atoms with E-state index in [2.05, 4.69) is 5.10 Å². The molecule has 0 radical (unpaired) electrons. The molecule has 7 heteroatoms. The second kappa shape index (κ2) is 6.05. The first kappa shape index (κ1) is 15.2. The zero-order valence-corrected chi connectivity index (χ0v) is 12.6. The minimum atomic E-state index is -1.09. The number of aromatic carboxylic acids is 1. The molecule has 0 aliphatic heterocycles. The molecule has 2 rings (SSSR count). The maximum atomic E-state index is 11.0. The van der Waals surface area contributed by atoms with Crippen LogP contribution < -0.4 is 9.47 Å². The monoisotopic (exact) mass is 310 g/mol. The van der Waals surface area contributed by atoms with Crippen LogP contribution in [0.3, 0.4) is 0 Å². The Kier molecular flexibility index (Phi) is 4.37. The molecule has 0 bridgehead atoms. The van der Waals surface area contributed by atoms with Crippen molar-refractivity contribution >= 4 is 17.6 Å². The van der Waals surface area contributed by atoms with Crippen LogP contribution in [0, 0.1) is 0 Å². The van der Waals surface area contributed by atoms with Crippen molar-refractivity contribution in [1.82, 2.24) is 9.78 Å². The summed E-state index contributed by atoms with van der Waals surface area (Å²) in [5.74, 6) is -0.0439. The highest BCUT2D eigenvalue weighted by Gasteiger charge is 2.18. The Morgan fingerprint density at radius 1 is 1.38 bits per heavy atom. The van der Waals surface area contributed by atoms with E-state index in [-0.39, 0.29) is 5.69 Å². The molecule has 0 atom stereocenters. The molecule has 0 spiro atoms. The molecule has 1 N–H and O–H groups in total. The Labute approximate surface area is 126 Å². The SMILES string of the molecule is CCOc1cc(OC)c(Cl)cc1-c1cc(C(=O)O)nn1C. The van der Waals surface area contributed by atoms with Crippen LogP contribution in [-0.2, 0) is 7.05 Å². The Bertz CT molecular complexity index is 682. The summed E-state index contributed by atoms with van der Waals surface area (Å²) in [6.45, 7) is 2.32. The number of nitrogens with zero attached hydrogens (tertiary/aromatic N) is 2. The molecule has 112 valence electrons. The quantitative estimate of drug-likeness (QED) is 0.919. The largest absolute Gasteiger partial charge is 0.495 e. The van der Waals surface area contributed by atoms with E-state index in [1.807, 2.05) is 6.92 Å². The number of aromatic nitrogens is 2. The molecular formula is C14H15ClN2O4. The summed E-state index contributed by atoms with van der Waals surface area (Å²) in [5.41, 5.74) is 1.22. The number of methoxy groups -OCH3 is 1. The number of aryl methyl sites for hydroxylation is 1. The highest BCUT2D eigenvalue weighted by atomic mass is 35.5. The van der Waals surface area contributed by atoms with Gasteiger partial charge in [0.1, 0.15) is 11.5 Å². The van der Waals surface area contributed by atoms with Gasteiger partial charge in [-0.3, -0.25) is 4.68 Å². The molecule has 0 saturated carbocycles. The fourth-order valence-electron chi connectivity index (χ4n) is 1.99.